The highest BCUT2D eigenvalue weighted by Crippen LogP contribution is 2.46. The van der Waals surface area contributed by atoms with Crippen LogP contribution >= 0.6 is 11.6 Å². The highest BCUT2D eigenvalue weighted by Gasteiger charge is 2.58. The van der Waals surface area contributed by atoms with E-state index in [0.29, 0.717) is 0 Å². The van der Waals surface area contributed by atoms with Crippen LogP contribution in [-0.2, 0) is 12.2 Å². The van der Waals surface area contributed by atoms with Crippen LogP contribution in [0.3, 0.4) is 0 Å². The second kappa shape index (κ2) is 3.12. The summed E-state index contributed by atoms with van der Waals surface area (Å²) in [4.78, 5) is 0. The predicted molar refractivity (Wildman–Crippen MR) is 42.6 cm³/mol. The van der Waals surface area contributed by atoms with Gasteiger partial charge in [-0.2, -0.15) is 18.3 Å². The van der Waals surface area contributed by atoms with Crippen LogP contribution < -0.4 is 0 Å². The first kappa shape index (κ1) is 11.3. The minimum Gasteiger partial charge on any atom is -0.275 e. The molecule has 1 aromatic heterocycles. The number of aryl methyl sites for hydroxylation is 2. The van der Waals surface area contributed by atoms with Gasteiger partial charge >= 0.3 is 11.3 Å². The summed E-state index contributed by atoms with van der Waals surface area (Å²) < 4.78 is 50.7. The number of hydrogen-bond acceptors (Lipinski definition) is 1. The van der Waals surface area contributed by atoms with Crippen LogP contribution in [0.2, 0.25) is 0 Å². The average molecular weight is 231 g/mol. The van der Waals surface area contributed by atoms with Crippen LogP contribution in [0.1, 0.15) is 11.3 Å². The van der Waals surface area contributed by atoms with Gasteiger partial charge in [-0.3, -0.25) is 4.68 Å². The van der Waals surface area contributed by atoms with E-state index >= 15 is 0 Å². The number of aromatic nitrogens is 2. The Labute approximate surface area is 82.5 Å². The molecule has 0 fully saturated rings. The van der Waals surface area contributed by atoms with Gasteiger partial charge in [-0.25, -0.2) is 4.39 Å². The second-order valence-electron chi connectivity index (χ2n) is 2.91. The summed E-state index contributed by atoms with van der Waals surface area (Å²) in [7, 11) is 1.39. The molecule has 0 saturated heterocycles. The normalized spacial score (nSPS) is 16.8. The van der Waals surface area contributed by atoms with Crippen molar-refractivity contribution in [3.63, 3.8) is 0 Å². The second-order valence-corrected chi connectivity index (χ2v) is 3.43. The molecule has 80 valence electrons. The third kappa shape index (κ3) is 1.70. The summed E-state index contributed by atoms with van der Waals surface area (Å²) in [5, 5.41) is -0.580. The molecule has 0 saturated carbocycles. The summed E-state index contributed by atoms with van der Waals surface area (Å²) >= 11 is 4.79. The Kier molecular flexibility index (Phi) is 2.51. The lowest BCUT2D eigenvalue weighted by Gasteiger charge is -2.19. The quantitative estimate of drug-likeness (QED) is 0.536. The zero-order valence-electron chi connectivity index (χ0n) is 7.36. The van der Waals surface area contributed by atoms with E-state index in [0.717, 1.165) is 4.68 Å². The molecule has 7 heteroatoms. The van der Waals surface area contributed by atoms with Crippen molar-refractivity contribution in [3.8, 4) is 0 Å². The molecule has 0 N–H and O–H groups in total. The highest BCUT2D eigenvalue weighted by atomic mass is 35.5. The van der Waals surface area contributed by atoms with Gasteiger partial charge in [-0.05, 0) is 12.5 Å². The molecular weight excluding hydrogens is 224 g/mol. The molecule has 14 heavy (non-hydrogen) atoms. The van der Waals surface area contributed by atoms with E-state index in [1.807, 2.05) is 0 Å². The minimum atomic E-state index is -5.17. The highest BCUT2D eigenvalue weighted by molar-refractivity contribution is 6.23. The van der Waals surface area contributed by atoms with E-state index in [1.165, 1.54) is 20.2 Å². The Morgan fingerprint density at radius 2 is 1.86 bits per heavy atom. The number of rotatable bonds is 1. The van der Waals surface area contributed by atoms with Crippen molar-refractivity contribution in [2.45, 2.75) is 18.2 Å². The van der Waals surface area contributed by atoms with Crippen LogP contribution in [0.5, 0.6) is 0 Å². The van der Waals surface area contributed by atoms with E-state index in [1.54, 1.807) is 0 Å². The van der Waals surface area contributed by atoms with Crippen molar-refractivity contribution in [2.24, 2.45) is 7.05 Å². The largest absolute Gasteiger partial charge is 0.443 e. The van der Waals surface area contributed by atoms with E-state index in [2.05, 4.69) is 5.10 Å². The zero-order chi connectivity index (χ0) is 11.1. The number of halogens is 5. The molecule has 1 heterocycles. The predicted octanol–water partition coefficient (Wildman–Crippen LogP) is 2.65. The molecule has 2 nitrogen and oxygen atoms in total. The van der Waals surface area contributed by atoms with Crippen LogP contribution in [-0.4, -0.2) is 16.0 Å². The summed E-state index contributed by atoms with van der Waals surface area (Å²) in [5.74, 6) is 0. The molecule has 0 aliphatic rings. The maximum absolute atomic E-state index is 13.2. The fourth-order valence-electron chi connectivity index (χ4n) is 1.05. The maximum Gasteiger partial charge on any atom is 0.443 e. The smallest absolute Gasteiger partial charge is 0.275 e. The average Bonchev–Trinajstić information content (AvgIpc) is 2.27. The van der Waals surface area contributed by atoms with Crippen molar-refractivity contribution < 1.29 is 17.6 Å². The fraction of sp³-hybridized carbons (Fsp3) is 0.571. The van der Waals surface area contributed by atoms with E-state index in [4.69, 9.17) is 11.6 Å². The molecule has 1 aromatic rings. The maximum atomic E-state index is 13.2. The summed E-state index contributed by atoms with van der Waals surface area (Å²) in [6.07, 6.45) is -3.91. The zero-order valence-corrected chi connectivity index (χ0v) is 8.12. The van der Waals surface area contributed by atoms with Crippen LogP contribution in [0.25, 0.3) is 0 Å². The first-order chi connectivity index (χ1) is 6.16. The molecule has 0 bridgehead atoms. The molecule has 0 aromatic carbocycles. The van der Waals surface area contributed by atoms with Gasteiger partial charge in [0.25, 0.3) is 0 Å². The lowest BCUT2D eigenvalue weighted by atomic mass is 10.2. The van der Waals surface area contributed by atoms with Crippen LogP contribution in [0, 0.1) is 6.92 Å². The van der Waals surface area contributed by atoms with Gasteiger partial charge in [0.2, 0.25) is 0 Å². The van der Waals surface area contributed by atoms with Gasteiger partial charge in [-0.15, -0.1) is 0 Å². The lowest BCUT2D eigenvalue weighted by molar-refractivity contribution is -0.203. The SMILES string of the molecule is Cc1cn(C)nc1C(F)(Cl)C(F)(F)F. The Morgan fingerprint density at radius 3 is 2.14 bits per heavy atom. The van der Waals surface area contributed by atoms with E-state index in [9.17, 15) is 17.6 Å². The molecule has 1 unspecified atom stereocenters. The van der Waals surface area contributed by atoms with Gasteiger partial charge in [0, 0.05) is 13.2 Å². The Hall–Kier alpha value is -0.780. The molecule has 1 atom stereocenters. The number of alkyl halides is 5. The molecule has 0 radical (unpaired) electrons. The minimum absolute atomic E-state index is 0.0577. The van der Waals surface area contributed by atoms with Gasteiger partial charge in [-0.1, -0.05) is 11.6 Å². The van der Waals surface area contributed by atoms with Gasteiger partial charge in [0.1, 0.15) is 5.69 Å². The number of hydrogen-bond donors (Lipinski definition) is 0. The third-order valence-electron chi connectivity index (χ3n) is 1.67. The Balaban J connectivity index is 3.22. The van der Waals surface area contributed by atoms with Crippen molar-refractivity contribution in [2.75, 3.05) is 0 Å². The molecule has 0 amide bonds. The third-order valence-corrected chi connectivity index (χ3v) is 2.06. The summed E-state index contributed by atoms with van der Waals surface area (Å²) in [6.45, 7) is 1.31. The van der Waals surface area contributed by atoms with Crippen molar-refractivity contribution in [3.05, 3.63) is 17.5 Å². The Morgan fingerprint density at radius 1 is 1.36 bits per heavy atom. The van der Waals surface area contributed by atoms with Crippen molar-refractivity contribution in [1.29, 1.82) is 0 Å². The van der Waals surface area contributed by atoms with Crippen molar-refractivity contribution in [1.82, 2.24) is 9.78 Å². The molecular formula is C7H7ClF4N2. The number of nitrogens with zero attached hydrogens (tertiary/aromatic N) is 2. The molecule has 0 aliphatic heterocycles. The topological polar surface area (TPSA) is 17.8 Å². The molecule has 1 rings (SSSR count). The van der Waals surface area contributed by atoms with Gasteiger partial charge in [0.15, 0.2) is 0 Å². The molecule has 0 aliphatic carbocycles. The molecule has 0 spiro atoms. The van der Waals surface area contributed by atoms with Crippen LogP contribution in [0.4, 0.5) is 17.6 Å². The summed E-state index contributed by atoms with van der Waals surface area (Å²) in [5.41, 5.74) is -0.753. The summed E-state index contributed by atoms with van der Waals surface area (Å²) in [6, 6.07) is 0. The standard InChI is InChI=1S/C7H7ClF4N2/c1-4-3-14(2)13-5(4)6(8,9)7(10,11)12/h3H,1-2H3. The van der Waals surface area contributed by atoms with Gasteiger partial charge in [0.05, 0.1) is 0 Å². The van der Waals surface area contributed by atoms with E-state index < -0.39 is 17.0 Å². The van der Waals surface area contributed by atoms with Crippen LogP contribution in [0.15, 0.2) is 6.20 Å². The van der Waals surface area contributed by atoms with Crippen molar-refractivity contribution >= 4 is 11.6 Å². The monoisotopic (exact) mass is 230 g/mol. The van der Waals surface area contributed by atoms with E-state index in [-0.39, 0.29) is 5.56 Å². The first-order valence-electron chi connectivity index (χ1n) is 3.61. The fourth-order valence-corrected chi connectivity index (χ4v) is 1.24. The van der Waals surface area contributed by atoms with Gasteiger partial charge < -0.3 is 0 Å². The first-order valence-corrected chi connectivity index (χ1v) is 3.99. The lowest BCUT2D eigenvalue weighted by Crippen LogP contribution is -2.33. The Bertz CT molecular complexity index is 342.